The number of carbonyl (C=O) groups excluding carboxylic acids is 1. The Morgan fingerprint density at radius 2 is 2.00 bits per heavy atom. The molecule has 1 aromatic carbocycles. The Balaban J connectivity index is 2.77. The van der Waals surface area contributed by atoms with E-state index in [9.17, 15) is 13.6 Å². The van der Waals surface area contributed by atoms with Crippen LogP contribution < -0.4 is 5.32 Å². The third kappa shape index (κ3) is 2.92. The molecular weight excluding hydrogens is 214 g/mol. The fraction of sp³-hybridized carbons (Fsp3) is 0.364. The number of hydrogen-bond donors (Lipinski definition) is 1. The standard InChI is InChI=1S/C11H14F2N2O/c1-7(11(16)15(2)3)14-10-5-4-8(12)6-9(10)13/h4-7,14H,1-3H3. The molecule has 0 aliphatic heterocycles. The highest BCUT2D eigenvalue weighted by molar-refractivity contribution is 5.83. The molecule has 0 saturated carbocycles. The third-order valence-electron chi connectivity index (χ3n) is 2.11. The van der Waals surface area contributed by atoms with E-state index in [0.717, 1.165) is 12.1 Å². The zero-order valence-corrected chi connectivity index (χ0v) is 9.42. The van der Waals surface area contributed by atoms with E-state index in [-0.39, 0.29) is 11.6 Å². The van der Waals surface area contributed by atoms with E-state index in [4.69, 9.17) is 0 Å². The van der Waals surface area contributed by atoms with E-state index < -0.39 is 17.7 Å². The third-order valence-corrected chi connectivity index (χ3v) is 2.11. The molecule has 0 aliphatic rings. The summed E-state index contributed by atoms with van der Waals surface area (Å²) in [5, 5.41) is 2.69. The van der Waals surface area contributed by atoms with Crippen molar-refractivity contribution in [2.24, 2.45) is 0 Å². The molecule has 3 nitrogen and oxygen atoms in total. The molecule has 1 aromatic rings. The summed E-state index contributed by atoms with van der Waals surface area (Å²) in [6.07, 6.45) is 0. The lowest BCUT2D eigenvalue weighted by molar-refractivity contribution is -0.129. The van der Waals surface area contributed by atoms with Crippen LogP contribution >= 0.6 is 0 Å². The van der Waals surface area contributed by atoms with Gasteiger partial charge in [0.1, 0.15) is 17.7 Å². The maximum atomic E-state index is 13.2. The van der Waals surface area contributed by atoms with Gasteiger partial charge in [-0.15, -0.1) is 0 Å². The average molecular weight is 228 g/mol. The molecule has 0 aliphatic carbocycles. The van der Waals surface area contributed by atoms with Crippen molar-refractivity contribution in [3.8, 4) is 0 Å². The number of anilines is 1. The number of nitrogens with one attached hydrogen (secondary N) is 1. The Morgan fingerprint density at radius 3 is 2.50 bits per heavy atom. The first-order chi connectivity index (χ1) is 7.41. The van der Waals surface area contributed by atoms with Gasteiger partial charge in [-0.05, 0) is 19.1 Å². The molecule has 0 bridgehead atoms. The van der Waals surface area contributed by atoms with Gasteiger partial charge in [0.25, 0.3) is 0 Å². The SMILES string of the molecule is CC(Nc1ccc(F)cc1F)C(=O)N(C)C. The Kier molecular flexibility index (Phi) is 3.82. The van der Waals surface area contributed by atoms with Crippen LogP contribution in [0.15, 0.2) is 18.2 Å². The van der Waals surface area contributed by atoms with Crippen molar-refractivity contribution >= 4 is 11.6 Å². The van der Waals surface area contributed by atoms with Gasteiger partial charge in [0.15, 0.2) is 0 Å². The summed E-state index contributed by atoms with van der Waals surface area (Å²) in [6.45, 7) is 1.62. The van der Waals surface area contributed by atoms with E-state index in [2.05, 4.69) is 5.32 Å². The van der Waals surface area contributed by atoms with Crippen molar-refractivity contribution in [2.75, 3.05) is 19.4 Å². The first kappa shape index (κ1) is 12.4. The second-order valence-electron chi connectivity index (χ2n) is 3.72. The molecule has 88 valence electrons. The average Bonchev–Trinajstić information content (AvgIpc) is 2.20. The van der Waals surface area contributed by atoms with E-state index in [1.807, 2.05) is 0 Å². The lowest BCUT2D eigenvalue weighted by atomic mass is 10.2. The number of benzene rings is 1. The zero-order chi connectivity index (χ0) is 12.3. The quantitative estimate of drug-likeness (QED) is 0.856. The van der Waals surface area contributed by atoms with Crippen LogP contribution in [0.25, 0.3) is 0 Å². The minimum Gasteiger partial charge on any atom is -0.372 e. The van der Waals surface area contributed by atoms with Gasteiger partial charge in [0.05, 0.1) is 5.69 Å². The number of carbonyl (C=O) groups is 1. The van der Waals surface area contributed by atoms with Crippen molar-refractivity contribution in [1.82, 2.24) is 4.90 Å². The number of nitrogens with zero attached hydrogens (tertiary/aromatic N) is 1. The van der Waals surface area contributed by atoms with Crippen LogP contribution in [0.5, 0.6) is 0 Å². The number of rotatable bonds is 3. The summed E-state index contributed by atoms with van der Waals surface area (Å²) >= 11 is 0. The largest absolute Gasteiger partial charge is 0.372 e. The molecule has 0 aromatic heterocycles. The lowest BCUT2D eigenvalue weighted by Gasteiger charge is -2.19. The molecule has 1 amide bonds. The highest BCUT2D eigenvalue weighted by atomic mass is 19.1. The normalized spacial score (nSPS) is 12.1. The summed E-state index contributed by atoms with van der Waals surface area (Å²) in [6, 6.07) is 2.62. The molecule has 0 radical (unpaired) electrons. The minimum atomic E-state index is -0.710. The minimum absolute atomic E-state index is 0.115. The van der Waals surface area contributed by atoms with E-state index in [1.165, 1.54) is 11.0 Å². The molecule has 1 rings (SSSR count). The van der Waals surface area contributed by atoms with E-state index in [1.54, 1.807) is 21.0 Å². The van der Waals surface area contributed by atoms with Gasteiger partial charge < -0.3 is 10.2 Å². The lowest BCUT2D eigenvalue weighted by Crippen LogP contribution is -2.36. The Hall–Kier alpha value is -1.65. The number of halogens is 2. The van der Waals surface area contributed by atoms with Crippen LogP contribution in [0.4, 0.5) is 14.5 Å². The highest BCUT2D eigenvalue weighted by Crippen LogP contribution is 2.16. The van der Waals surface area contributed by atoms with Gasteiger partial charge in [-0.1, -0.05) is 0 Å². The maximum absolute atomic E-state index is 13.2. The smallest absolute Gasteiger partial charge is 0.244 e. The van der Waals surface area contributed by atoms with Crippen molar-refractivity contribution in [3.05, 3.63) is 29.8 Å². The van der Waals surface area contributed by atoms with Crippen molar-refractivity contribution in [3.63, 3.8) is 0 Å². The molecule has 0 saturated heterocycles. The van der Waals surface area contributed by atoms with Crippen molar-refractivity contribution < 1.29 is 13.6 Å². The van der Waals surface area contributed by atoms with Crippen LogP contribution in [0, 0.1) is 11.6 Å². The fourth-order valence-corrected chi connectivity index (χ4v) is 1.29. The maximum Gasteiger partial charge on any atom is 0.244 e. The number of hydrogen-bond acceptors (Lipinski definition) is 2. The van der Waals surface area contributed by atoms with Crippen LogP contribution in [-0.4, -0.2) is 30.9 Å². The van der Waals surface area contributed by atoms with Crippen LogP contribution in [0.3, 0.4) is 0 Å². The number of likely N-dealkylation sites (N-methyl/N-ethyl adjacent to an activating group) is 1. The van der Waals surface area contributed by atoms with Crippen LogP contribution in [-0.2, 0) is 4.79 Å². The summed E-state index contributed by atoms with van der Waals surface area (Å²) in [4.78, 5) is 12.9. The first-order valence-corrected chi connectivity index (χ1v) is 4.84. The van der Waals surface area contributed by atoms with Crippen molar-refractivity contribution in [2.45, 2.75) is 13.0 Å². The summed E-state index contributed by atoms with van der Waals surface area (Å²) < 4.78 is 25.9. The van der Waals surface area contributed by atoms with Gasteiger partial charge >= 0.3 is 0 Å². The summed E-state index contributed by atoms with van der Waals surface area (Å²) in [5.41, 5.74) is 0.115. The van der Waals surface area contributed by atoms with Gasteiger partial charge in [0, 0.05) is 20.2 Å². The summed E-state index contributed by atoms with van der Waals surface area (Å²) in [7, 11) is 3.23. The molecule has 16 heavy (non-hydrogen) atoms. The topological polar surface area (TPSA) is 32.3 Å². The summed E-state index contributed by atoms with van der Waals surface area (Å²) in [5.74, 6) is -1.53. The van der Waals surface area contributed by atoms with E-state index in [0.29, 0.717) is 0 Å². The van der Waals surface area contributed by atoms with Crippen molar-refractivity contribution in [1.29, 1.82) is 0 Å². The first-order valence-electron chi connectivity index (χ1n) is 4.84. The zero-order valence-electron chi connectivity index (χ0n) is 9.42. The van der Waals surface area contributed by atoms with Gasteiger partial charge in [0.2, 0.25) is 5.91 Å². The molecule has 0 fully saturated rings. The second kappa shape index (κ2) is 4.92. The van der Waals surface area contributed by atoms with Gasteiger partial charge in [-0.25, -0.2) is 8.78 Å². The van der Waals surface area contributed by atoms with Gasteiger partial charge in [-0.3, -0.25) is 4.79 Å². The Labute approximate surface area is 93.1 Å². The second-order valence-corrected chi connectivity index (χ2v) is 3.72. The number of amides is 1. The molecule has 0 heterocycles. The van der Waals surface area contributed by atoms with Crippen LogP contribution in [0.2, 0.25) is 0 Å². The predicted octanol–water partition coefficient (Wildman–Crippen LogP) is 1.85. The molecule has 1 N–H and O–H groups in total. The monoisotopic (exact) mass is 228 g/mol. The molecule has 1 unspecified atom stereocenters. The molecular formula is C11H14F2N2O. The molecule has 0 spiro atoms. The van der Waals surface area contributed by atoms with E-state index >= 15 is 0 Å². The Bertz CT molecular complexity index is 394. The van der Waals surface area contributed by atoms with Crippen LogP contribution in [0.1, 0.15) is 6.92 Å². The van der Waals surface area contributed by atoms with Gasteiger partial charge in [-0.2, -0.15) is 0 Å². The predicted molar refractivity (Wildman–Crippen MR) is 58.1 cm³/mol. The fourth-order valence-electron chi connectivity index (χ4n) is 1.29. The molecule has 5 heteroatoms. The molecule has 1 atom stereocenters. The Morgan fingerprint density at radius 1 is 1.38 bits per heavy atom. The highest BCUT2D eigenvalue weighted by Gasteiger charge is 2.15.